The van der Waals surface area contributed by atoms with Gasteiger partial charge in [0.2, 0.25) is 0 Å². The number of nitrogens with zero attached hydrogens (tertiary/aromatic N) is 1. The first-order valence-corrected chi connectivity index (χ1v) is 6.91. The van der Waals surface area contributed by atoms with Gasteiger partial charge in [-0.15, -0.1) is 11.8 Å². The van der Waals surface area contributed by atoms with Crippen LogP contribution < -0.4 is 5.32 Å². The molecule has 1 aromatic heterocycles. The Hall–Kier alpha value is -0.580. The predicted octanol–water partition coefficient (Wildman–Crippen LogP) is 2.31. The first-order valence-electron chi connectivity index (χ1n) is 6.03. The number of aromatic nitrogens is 1. The lowest BCUT2D eigenvalue weighted by Gasteiger charge is -2.30. The molecule has 0 spiro atoms. The van der Waals surface area contributed by atoms with Crippen molar-refractivity contribution < 1.29 is 5.11 Å². The van der Waals surface area contributed by atoms with Crippen LogP contribution in [0.5, 0.6) is 0 Å². The summed E-state index contributed by atoms with van der Waals surface area (Å²) < 4.78 is 0. The molecule has 0 aliphatic carbocycles. The maximum atomic E-state index is 9.44. The molecule has 0 bridgehead atoms. The summed E-state index contributed by atoms with van der Waals surface area (Å²) in [5.41, 5.74) is -0.198. The second-order valence-corrected chi connectivity index (χ2v) is 6.01. The molecular weight excluding hydrogens is 232 g/mol. The Bertz CT molecular complexity index is 320. The molecule has 4 heteroatoms. The maximum absolute atomic E-state index is 9.44. The van der Waals surface area contributed by atoms with Crippen LogP contribution in [0.25, 0.3) is 0 Å². The Kier molecular flexibility index (Phi) is 5.95. The molecule has 1 rings (SSSR count). The molecule has 1 heterocycles. The minimum absolute atomic E-state index is 0.161. The zero-order chi connectivity index (χ0) is 12.7. The zero-order valence-electron chi connectivity index (χ0n) is 10.8. The van der Waals surface area contributed by atoms with E-state index in [9.17, 15) is 5.11 Å². The normalized spacial score (nSPS) is 16.5. The molecule has 3 nitrogen and oxygen atoms in total. The van der Waals surface area contributed by atoms with Gasteiger partial charge in [-0.2, -0.15) is 0 Å². The van der Waals surface area contributed by atoms with Crippen LogP contribution >= 0.6 is 11.8 Å². The van der Waals surface area contributed by atoms with Gasteiger partial charge in [-0.3, -0.25) is 0 Å². The minimum atomic E-state index is -0.198. The van der Waals surface area contributed by atoms with Crippen LogP contribution in [-0.2, 0) is 0 Å². The average Bonchev–Trinajstić information content (AvgIpc) is 2.30. The molecule has 17 heavy (non-hydrogen) atoms. The lowest BCUT2D eigenvalue weighted by atomic mass is 9.97. The third-order valence-electron chi connectivity index (χ3n) is 2.65. The van der Waals surface area contributed by atoms with Crippen LogP contribution in [0.2, 0.25) is 0 Å². The summed E-state index contributed by atoms with van der Waals surface area (Å²) >= 11 is 1.75. The van der Waals surface area contributed by atoms with Crippen LogP contribution in [0.4, 0.5) is 0 Å². The molecule has 2 unspecified atom stereocenters. The van der Waals surface area contributed by atoms with Gasteiger partial charge < -0.3 is 10.4 Å². The van der Waals surface area contributed by atoms with Crippen LogP contribution in [0.1, 0.15) is 27.2 Å². The molecule has 0 fully saturated rings. The van der Waals surface area contributed by atoms with Crippen molar-refractivity contribution in [1.29, 1.82) is 0 Å². The highest BCUT2D eigenvalue weighted by atomic mass is 32.2. The van der Waals surface area contributed by atoms with E-state index in [1.165, 1.54) is 0 Å². The maximum Gasteiger partial charge on any atom is 0.0962 e. The molecule has 0 saturated heterocycles. The topological polar surface area (TPSA) is 45.1 Å². The van der Waals surface area contributed by atoms with Crippen LogP contribution in [0.15, 0.2) is 29.4 Å². The molecule has 0 radical (unpaired) electrons. The fourth-order valence-electron chi connectivity index (χ4n) is 1.92. The molecule has 0 amide bonds. The number of hydrogen-bond acceptors (Lipinski definition) is 4. The van der Waals surface area contributed by atoms with Gasteiger partial charge in [-0.1, -0.05) is 19.9 Å². The second-order valence-electron chi connectivity index (χ2n) is 4.55. The fourth-order valence-corrected chi connectivity index (χ4v) is 3.06. The van der Waals surface area contributed by atoms with Gasteiger partial charge in [0, 0.05) is 17.0 Å². The summed E-state index contributed by atoms with van der Waals surface area (Å²) in [4.78, 5) is 4.30. The standard InChI is InChI=1S/C13H22N2OS/c1-4-15-13(3,10-16)9-11(2)17-12-7-5-6-8-14-12/h5-8,11,15-16H,4,9-10H2,1-3H3. The first-order chi connectivity index (χ1) is 8.09. The highest BCUT2D eigenvalue weighted by Crippen LogP contribution is 2.26. The summed E-state index contributed by atoms with van der Waals surface area (Å²) in [5, 5.41) is 14.2. The van der Waals surface area contributed by atoms with Crippen molar-refractivity contribution in [2.24, 2.45) is 0 Å². The molecule has 1 aromatic rings. The Morgan fingerprint density at radius 2 is 2.29 bits per heavy atom. The number of rotatable bonds is 7. The van der Waals surface area contributed by atoms with Crippen molar-refractivity contribution in [3.05, 3.63) is 24.4 Å². The molecular formula is C13H22N2OS. The van der Waals surface area contributed by atoms with Gasteiger partial charge in [0.05, 0.1) is 11.6 Å². The Morgan fingerprint density at radius 1 is 1.53 bits per heavy atom. The number of hydrogen-bond donors (Lipinski definition) is 2. The zero-order valence-corrected chi connectivity index (χ0v) is 11.6. The van der Waals surface area contributed by atoms with Crippen molar-refractivity contribution in [1.82, 2.24) is 10.3 Å². The molecule has 0 aromatic carbocycles. The van der Waals surface area contributed by atoms with Crippen molar-refractivity contribution in [2.75, 3.05) is 13.2 Å². The Morgan fingerprint density at radius 3 is 2.82 bits per heavy atom. The summed E-state index contributed by atoms with van der Waals surface area (Å²) in [6, 6.07) is 5.94. The third-order valence-corrected chi connectivity index (χ3v) is 3.70. The SMILES string of the molecule is CCNC(C)(CO)CC(C)Sc1ccccn1. The number of thioether (sulfide) groups is 1. The Labute approximate surface area is 108 Å². The van der Waals surface area contributed by atoms with Crippen molar-refractivity contribution in [3.63, 3.8) is 0 Å². The van der Waals surface area contributed by atoms with E-state index in [0.29, 0.717) is 5.25 Å². The Balaban J connectivity index is 2.51. The molecule has 2 atom stereocenters. The number of aliphatic hydroxyl groups excluding tert-OH is 1. The van der Waals surface area contributed by atoms with Gasteiger partial charge in [0.15, 0.2) is 0 Å². The molecule has 0 aliphatic rings. The van der Waals surface area contributed by atoms with Gasteiger partial charge in [0.25, 0.3) is 0 Å². The average molecular weight is 254 g/mol. The predicted molar refractivity (Wildman–Crippen MR) is 73.3 cm³/mol. The third kappa shape index (κ3) is 5.06. The number of aliphatic hydroxyl groups is 1. The summed E-state index contributed by atoms with van der Waals surface area (Å²) in [6.45, 7) is 7.33. The molecule has 0 aliphatic heterocycles. The van der Waals surface area contributed by atoms with Crippen LogP contribution in [-0.4, -0.2) is 34.0 Å². The van der Waals surface area contributed by atoms with Gasteiger partial charge in [-0.25, -0.2) is 4.98 Å². The van der Waals surface area contributed by atoms with Crippen molar-refractivity contribution in [2.45, 2.75) is 43.0 Å². The van der Waals surface area contributed by atoms with E-state index in [2.05, 4.69) is 31.1 Å². The van der Waals surface area contributed by atoms with Crippen LogP contribution in [0.3, 0.4) is 0 Å². The summed E-state index contributed by atoms with van der Waals surface area (Å²) in [6.07, 6.45) is 2.73. The van der Waals surface area contributed by atoms with Gasteiger partial charge >= 0.3 is 0 Å². The highest BCUT2D eigenvalue weighted by Gasteiger charge is 2.25. The van der Waals surface area contributed by atoms with Gasteiger partial charge in [-0.05, 0) is 32.0 Å². The van der Waals surface area contributed by atoms with E-state index < -0.39 is 0 Å². The van der Waals surface area contributed by atoms with E-state index in [-0.39, 0.29) is 12.1 Å². The number of likely N-dealkylation sites (N-methyl/N-ethyl adjacent to an activating group) is 1. The quantitative estimate of drug-likeness (QED) is 0.733. The fraction of sp³-hybridized carbons (Fsp3) is 0.615. The lowest BCUT2D eigenvalue weighted by molar-refractivity contribution is 0.168. The smallest absolute Gasteiger partial charge is 0.0962 e. The van der Waals surface area contributed by atoms with Crippen molar-refractivity contribution >= 4 is 11.8 Å². The van der Waals surface area contributed by atoms with E-state index in [4.69, 9.17) is 0 Å². The van der Waals surface area contributed by atoms with E-state index in [1.54, 1.807) is 11.8 Å². The first kappa shape index (κ1) is 14.5. The van der Waals surface area contributed by atoms with E-state index >= 15 is 0 Å². The van der Waals surface area contributed by atoms with E-state index in [0.717, 1.165) is 18.0 Å². The van der Waals surface area contributed by atoms with Gasteiger partial charge in [0.1, 0.15) is 0 Å². The number of nitrogens with one attached hydrogen (secondary N) is 1. The number of pyridine rings is 1. The van der Waals surface area contributed by atoms with Crippen LogP contribution in [0, 0.1) is 0 Å². The summed E-state index contributed by atoms with van der Waals surface area (Å²) in [7, 11) is 0. The molecule has 96 valence electrons. The van der Waals surface area contributed by atoms with E-state index in [1.807, 2.05) is 24.4 Å². The lowest BCUT2D eigenvalue weighted by Crippen LogP contribution is -2.47. The second kappa shape index (κ2) is 6.99. The highest BCUT2D eigenvalue weighted by molar-refractivity contribution is 7.99. The van der Waals surface area contributed by atoms with Crippen molar-refractivity contribution in [3.8, 4) is 0 Å². The molecule has 2 N–H and O–H groups in total. The minimum Gasteiger partial charge on any atom is -0.394 e. The monoisotopic (exact) mass is 254 g/mol. The summed E-state index contributed by atoms with van der Waals surface area (Å²) in [5.74, 6) is 0. The molecule has 0 saturated carbocycles. The largest absolute Gasteiger partial charge is 0.394 e.